The molecule has 0 bridgehead atoms. The average Bonchev–Trinajstić information content (AvgIpc) is 2.72. The summed E-state index contributed by atoms with van der Waals surface area (Å²) in [6.45, 7) is 4.10. The maximum Gasteiger partial charge on any atom is 0.341 e. The topological polar surface area (TPSA) is 83.9 Å². The first-order chi connectivity index (χ1) is 14.2. The Morgan fingerprint density at radius 1 is 1.10 bits per heavy atom. The second-order valence-electron chi connectivity index (χ2n) is 7.21. The molecule has 0 unspecified atom stereocenters. The van der Waals surface area contributed by atoms with Crippen molar-refractivity contribution in [1.29, 1.82) is 0 Å². The van der Waals surface area contributed by atoms with Crippen LogP contribution in [0.3, 0.4) is 0 Å². The van der Waals surface area contributed by atoms with Gasteiger partial charge < -0.3 is 9.84 Å². The number of nitrogens with zero attached hydrogens (tertiary/aromatic N) is 1. The number of hydrogen-bond donors (Lipinski definition) is 1. The summed E-state index contributed by atoms with van der Waals surface area (Å²) in [6, 6.07) is 14.7. The molecular weight excluding hydrogens is 470 g/mol. The number of ether oxygens (including phenoxy) is 1. The molecule has 0 radical (unpaired) electrons. The van der Waals surface area contributed by atoms with E-state index >= 15 is 0 Å². The van der Waals surface area contributed by atoms with Crippen molar-refractivity contribution in [3.8, 4) is 5.75 Å². The summed E-state index contributed by atoms with van der Waals surface area (Å²) in [5, 5.41) is 11.1. The predicted octanol–water partition coefficient (Wildman–Crippen LogP) is 4.95. The molecule has 1 N–H and O–H groups in total. The van der Waals surface area contributed by atoms with Crippen molar-refractivity contribution in [3.05, 3.63) is 64.6 Å². The molecule has 8 heteroatoms. The van der Waals surface area contributed by atoms with Gasteiger partial charge in [0.1, 0.15) is 11.3 Å². The third kappa shape index (κ3) is 4.15. The second-order valence-corrected chi connectivity index (χ2v) is 9.96. The number of carbonyl (C=O) groups excluding carboxylic acids is 1. The zero-order valence-corrected chi connectivity index (χ0v) is 19.2. The largest absolute Gasteiger partial charge is 0.506 e. The van der Waals surface area contributed by atoms with Crippen molar-refractivity contribution >= 4 is 48.4 Å². The number of phenols is 1. The Hall–Kier alpha value is -2.58. The zero-order valence-electron chi connectivity index (χ0n) is 16.8. The lowest BCUT2D eigenvalue weighted by Gasteiger charge is -2.27. The number of benzene rings is 3. The van der Waals surface area contributed by atoms with Gasteiger partial charge in [0.15, 0.2) is 0 Å². The van der Waals surface area contributed by atoms with Gasteiger partial charge in [-0.1, -0.05) is 54.0 Å². The molecule has 0 amide bonds. The van der Waals surface area contributed by atoms with Crippen LogP contribution in [0.1, 0.15) is 24.2 Å². The first-order valence-corrected chi connectivity index (χ1v) is 11.5. The smallest absolute Gasteiger partial charge is 0.341 e. The van der Waals surface area contributed by atoms with Gasteiger partial charge in [-0.25, -0.2) is 13.2 Å². The lowest BCUT2D eigenvalue weighted by atomic mass is 10.1. The molecule has 158 valence electrons. The lowest BCUT2D eigenvalue weighted by molar-refractivity contribution is 0.0597. The number of phenolic OH excluding ortho intramolecular Hbond substituents is 1. The predicted molar refractivity (Wildman–Crippen MR) is 120 cm³/mol. The molecule has 0 aliphatic heterocycles. The van der Waals surface area contributed by atoms with E-state index in [1.807, 2.05) is 13.8 Å². The van der Waals surface area contributed by atoms with Crippen molar-refractivity contribution < 1.29 is 23.1 Å². The lowest BCUT2D eigenvalue weighted by Crippen LogP contribution is -2.34. The van der Waals surface area contributed by atoms with Gasteiger partial charge in [0.25, 0.3) is 10.0 Å². The van der Waals surface area contributed by atoms with Crippen molar-refractivity contribution in [2.24, 2.45) is 5.92 Å². The number of methoxy groups -OCH3 is 1. The summed E-state index contributed by atoms with van der Waals surface area (Å²) in [4.78, 5) is 12.1. The SMILES string of the molecule is COC(=O)c1cc(S(=O)(=O)N(CC(C)C)c2ccc(Br)cc2)c2ccccc2c1O. The Bertz CT molecular complexity index is 1190. The van der Waals surface area contributed by atoms with Gasteiger partial charge in [0.2, 0.25) is 0 Å². The van der Waals surface area contributed by atoms with Gasteiger partial charge in [-0.15, -0.1) is 0 Å². The monoisotopic (exact) mass is 491 g/mol. The van der Waals surface area contributed by atoms with Gasteiger partial charge in [-0.2, -0.15) is 0 Å². The number of sulfonamides is 1. The van der Waals surface area contributed by atoms with Gasteiger partial charge in [-0.05, 0) is 36.2 Å². The van der Waals surface area contributed by atoms with E-state index in [-0.39, 0.29) is 34.1 Å². The van der Waals surface area contributed by atoms with Gasteiger partial charge in [0, 0.05) is 21.8 Å². The first kappa shape index (κ1) is 22.1. The molecule has 0 aliphatic carbocycles. The molecule has 0 aromatic heterocycles. The van der Waals surface area contributed by atoms with Crippen LogP contribution in [0.25, 0.3) is 10.8 Å². The number of rotatable bonds is 6. The van der Waals surface area contributed by atoms with Crippen LogP contribution in [0.5, 0.6) is 5.75 Å². The van der Waals surface area contributed by atoms with Crippen LogP contribution in [0.15, 0.2) is 64.0 Å². The molecule has 0 spiro atoms. The molecule has 0 aliphatic rings. The molecule has 3 rings (SSSR count). The number of carbonyl (C=O) groups is 1. The van der Waals surface area contributed by atoms with Crippen molar-refractivity contribution in [3.63, 3.8) is 0 Å². The quantitative estimate of drug-likeness (QED) is 0.493. The summed E-state index contributed by atoms with van der Waals surface area (Å²) < 4.78 is 34.5. The van der Waals surface area contributed by atoms with Crippen LogP contribution in [0.2, 0.25) is 0 Å². The fourth-order valence-electron chi connectivity index (χ4n) is 3.21. The van der Waals surface area contributed by atoms with Crippen molar-refractivity contribution in [1.82, 2.24) is 0 Å². The van der Waals surface area contributed by atoms with Crippen molar-refractivity contribution in [2.45, 2.75) is 18.7 Å². The minimum Gasteiger partial charge on any atom is -0.506 e. The number of aromatic hydroxyl groups is 1. The van der Waals surface area contributed by atoms with Crippen LogP contribution >= 0.6 is 15.9 Å². The molecule has 30 heavy (non-hydrogen) atoms. The fraction of sp³-hybridized carbons (Fsp3) is 0.227. The zero-order chi connectivity index (χ0) is 22.1. The molecule has 3 aromatic rings. The maximum atomic E-state index is 13.8. The highest BCUT2D eigenvalue weighted by atomic mass is 79.9. The van der Waals surface area contributed by atoms with Gasteiger partial charge >= 0.3 is 5.97 Å². The highest BCUT2D eigenvalue weighted by Gasteiger charge is 2.30. The first-order valence-electron chi connectivity index (χ1n) is 9.28. The average molecular weight is 492 g/mol. The van der Waals surface area contributed by atoms with Crippen LogP contribution < -0.4 is 4.31 Å². The van der Waals surface area contributed by atoms with Crippen molar-refractivity contribution in [2.75, 3.05) is 18.0 Å². The molecule has 0 fully saturated rings. The summed E-state index contributed by atoms with van der Waals surface area (Å²) in [7, 11) is -2.89. The normalized spacial score (nSPS) is 11.6. The molecule has 0 saturated carbocycles. The summed E-state index contributed by atoms with van der Waals surface area (Å²) in [5.74, 6) is -1.07. The van der Waals surface area contributed by atoms with Crippen LogP contribution in [0.4, 0.5) is 5.69 Å². The maximum absolute atomic E-state index is 13.8. The summed E-state index contributed by atoms with van der Waals surface area (Å²) >= 11 is 3.37. The highest BCUT2D eigenvalue weighted by molar-refractivity contribution is 9.10. The molecular formula is C22H22BrNO5S. The molecule has 0 atom stereocenters. The fourth-order valence-corrected chi connectivity index (χ4v) is 5.32. The van der Waals surface area contributed by atoms with Gasteiger partial charge in [0.05, 0.1) is 17.7 Å². The van der Waals surface area contributed by atoms with E-state index in [2.05, 4.69) is 15.9 Å². The standard InChI is InChI=1S/C22H22BrNO5S/c1-14(2)13-24(16-10-8-15(23)9-11-16)30(27,28)20-12-19(22(26)29-3)21(25)18-7-5-4-6-17(18)20/h4-12,14,25H,13H2,1-3H3. The molecule has 3 aromatic carbocycles. The van der Waals surface area contributed by atoms with E-state index in [1.165, 1.54) is 17.5 Å². The van der Waals surface area contributed by atoms with E-state index in [0.29, 0.717) is 11.1 Å². The van der Waals surface area contributed by atoms with Gasteiger partial charge in [-0.3, -0.25) is 4.31 Å². The van der Waals surface area contributed by atoms with Crippen LogP contribution in [-0.4, -0.2) is 33.1 Å². The molecule has 0 saturated heterocycles. The molecule has 0 heterocycles. The number of esters is 1. The van der Waals surface area contributed by atoms with E-state index in [4.69, 9.17) is 4.74 Å². The molecule has 6 nitrogen and oxygen atoms in total. The number of anilines is 1. The highest BCUT2D eigenvalue weighted by Crippen LogP contribution is 2.37. The Morgan fingerprint density at radius 2 is 1.70 bits per heavy atom. The Kier molecular flexibility index (Phi) is 6.38. The van der Waals surface area contributed by atoms with E-state index in [9.17, 15) is 18.3 Å². The minimum atomic E-state index is -4.07. The Balaban J connectivity index is 2.31. The summed E-state index contributed by atoms with van der Waals surface area (Å²) in [5.41, 5.74) is 0.304. The van der Waals surface area contributed by atoms with E-state index < -0.39 is 16.0 Å². The second kappa shape index (κ2) is 8.65. The number of fused-ring (bicyclic) bond motifs is 1. The van der Waals surface area contributed by atoms with Crippen LogP contribution in [0, 0.1) is 5.92 Å². The van der Waals surface area contributed by atoms with Crippen LogP contribution in [-0.2, 0) is 14.8 Å². The third-order valence-electron chi connectivity index (χ3n) is 4.60. The van der Waals surface area contributed by atoms with E-state index in [1.54, 1.807) is 48.5 Å². The Morgan fingerprint density at radius 3 is 2.27 bits per heavy atom. The minimum absolute atomic E-state index is 0.0480. The number of hydrogen-bond acceptors (Lipinski definition) is 5. The Labute approximate surface area is 184 Å². The summed E-state index contributed by atoms with van der Waals surface area (Å²) in [6.07, 6.45) is 0. The third-order valence-corrected chi connectivity index (χ3v) is 6.96. The van der Waals surface area contributed by atoms with E-state index in [0.717, 1.165) is 4.47 Å². The number of halogens is 1.